The van der Waals surface area contributed by atoms with Gasteiger partial charge in [-0.15, -0.1) is 0 Å². The van der Waals surface area contributed by atoms with Crippen molar-refractivity contribution in [1.29, 1.82) is 0 Å². The monoisotopic (exact) mass is 361 g/mol. The standard InChI is InChI=1S/C21H19N3O3/c1-26-16-5-6-17-14(9-16)12-24(21(17)25)15-4-7-19-18(10-15)23-20(27-19)13-3-2-8-22-11-13/h2-7,9-11,20,22-23H,8,12H2,1H3. The number of dihydropyridines is 1. The summed E-state index contributed by atoms with van der Waals surface area (Å²) in [7, 11) is 1.63. The summed E-state index contributed by atoms with van der Waals surface area (Å²) in [5.41, 5.74) is 4.47. The summed E-state index contributed by atoms with van der Waals surface area (Å²) in [6.07, 6.45) is 5.84. The van der Waals surface area contributed by atoms with Crippen LogP contribution in [0.4, 0.5) is 11.4 Å². The van der Waals surface area contributed by atoms with Crippen molar-refractivity contribution in [3.05, 3.63) is 71.5 Å². The van der Waals surface area contributed by atoms with E-state index in [-0.39, 0.29) is 12.1 Å². The zero-order chi connectivity index (χ0) is 18.4. The maximum absolute atomic E-state index is 12.8. The van der Waals surface area contributed by atoms with Gasteiger partial charge in [0.1, 0.15) is 11.5 Å². The van der Waals surface area contributed by atoms with Gasteiger partial charge in [0, 0.05) is 29.6 Å². The van der Waals surface area contributed by atoms with Gasteiger partial charge < -0.3 is 25.0 Å². The van der Waals surface area contributed by atoms with Gasteiger partial charge >= 0.3 is 0 Å². The summed E-state index contributed by atoms with van der Waals surface area (Å²) in [5, 5.41) is 6.57. The second kappa shape index (κ2) is 6.09. The van der Waals surface area contributed by atoms with Crippen LogP contribution in [0.15, 0.2) is 60.3 Å². The Bertz CT molecular complexity index is 996. The van der Waals surface area contributed by atoms with Crippen molar-refractivity contribution in [3.8, 4) is 11.5 Å². The van der Waals surface area contributed by atoms with Crippen LogP contribution in [-0.4, -0.2) is 25.8 Å². The highest BCUT2D eigenvalue weighted by Crippen LogP contribution is 2.39. The van der Waals surface area contributed by atoms with Gasteiger partial charge in [-0.05, 0) is 42.0 Å². The van der Waals surface area contributed by atoms with Crippen molar-refractivity contribution in [1.82, 2.24) is 5.32 Å². The van der Waals surface area contributed by atoms with E-state index in [1.165, 1.54) is 0 Å². The Morgan fingerprint density at radius 2 is 2.15 bits per heavy atom. The SMILES string of the molecule is COc1ccc2c(c1)CN(c1ccc3c(c1)NC(C1=CNCC=C1)O3)C2=O. The smallest absolute Gasteiger partial charge is 0.258 e. The normalized spacial score (nSPS) is 19.6. The third-order valence-corrected chi connectivity index (χ3v) is 5.04. The van der Waals surface area contributed by atoms with E-state index in [0.29, 0.717) is 6.54 Å². The Balaban J connectivity index is 1.40. The highest BCUT2D eigenvalue weighted by molar-refractivity contribution is 6.10. The number of benzene rings is 2. The lowest BCUT2D eigenvalue weighted by molar-refractivity contribution is 0.0996. The molecule has 2 aromatic carbocycles. The van der Waals surface area contributed by atoms with Crippen LogP contribution < -0.4 is 25.0 Å². The van der Waals surface area contributed by atoms with E-state index >= 15 is 0 Å². The summed E-state index contributed by atoms with van der Waals surface area (Å²) in [4.78, 5) is 14.6. The van der Waals surface area contributed by atoms with Gasteiger partial charge in [-0.1, -0.05) is 12.2 Å². The average Bonchev–Trinajstić information content (AvgIpc) is 3.29. The molecule has 6 nitrogen and oxygen atoms in total. The van der Waals surface area contributed by atoms with Crippen LogP contribution in [-0.2, 0) is 6.54 Å². The van der Waals surface area contributed by atoms with Gasteiger partial charge in [-0.2, -0.15) is 0 Å². The van der Waals surface area contributed by atoms with Gasteiger partial charge in [-0.25, -0.2) is 0 Å². The summed E-state index contributed by atoms with van der Waals surface area (Å²) < 4.78 is 11.3. The van der Waals surface area contributed by atoms with Gasteiger partial charge in [0.2, 0.25) is 0 Å². The number of fused-ring (bicyclic) bond motifs is 2. The average molecular weight is 361 g/mol. The number of anilines is 2. The lowest BCUT2D eigenvalue weighted by Gasteiger charge is -2.16. The highest BCUT2D eigenvalue weighted by Gasteiger charge is 2.31. The lowest BCUT2D eigenvalue weighted by atomic mass is 10.1. The molecule has 1 amide bonds. The predicted molar refractivity (Wildman–Crippen MR) is 103 cm³/mol. The Morgan fingerprint density at radius 3 is 2.96 bits per heavy atom. The van der Waals surface area contributed by atoms with Gasteiger partial charge in [-0.3, -0.25) is 4.79 Å². The topological polar surface area (TPSA) is 62.8 Å². The molecule has 1 atom stereocenters. The minimum atomic E-state index is -0.227. The number of nitrogens with zero attached hydrogens (tertiary/aromatic N) is 1. The molecule has 0 spiro atoms. The number of amides is 1. The number of methoxy groups -OCH3 is 1. The predicted octanol–water partition coefficient (Wildman–Crippen LogP) is 3.03. The van der Waals surface area contributed by atoms with Crippen LogP contribution in [0.2, 0.25) is 0 Å². The van der Waals surface area contributed by atoms with E-state index in [1.807, 2.05) is 42.6 Å². The first-order valence-electron chi connectivity index (χ1n) is 8.89. The first-order valence-corrected chi connectivity index (χ1v) is 8.89. The molecule has 3 aliphatic heterocycles. The minimum absolute atomic E-state index is 0.00481. The first kappa shape index (κ1) is 15.8. The van der Waals surface area contributed by atoms with Crippen molar-refractivity contribution < 1.29 is 14.3 Å². The number of carbonyl (C=O) groups is 1. The number of rotatable bonds is 3. The molecular formula is C21H19N3O3. The molecule has 0 bridgehead atoms. The molecule has 0 saturated heterocycles. The van der Waals surface area contributed by atoms with Gasteiger partial charge in [0.05, 0.1) is 19.3 Å². The molecule has 0 aromatic heterocycles. The molecule has 3 aliphatic rings. The second-order valence-electron chi connectivity index (χ2n) is 6.69. The van der Waals surface area contributed by atoms with Crippen molar-refractivity contribution in [2.45, 2.75) is 12.8 Å². The molecule has 27 heavy (non-hydrogen) atoms. The molecular weight excluding hydrogens is 342 g/mol. The number of ether oxygens (including phenoxy) is 2. The highest BCUT2D eigenvalue weighted by atomic mass is 16.5. The van der Waals surface area contributed by atoms with Crippen LogP contribution in [0.3, 0.4) is 0 Å². The number of hydrogen-bond donors (Lipinski definition) is 2. The van der Waals surface area contributed by atoms with E-state index in [2.05, 4.69) is 22.8 Å². The summed E-state index contributed by atoms with van der Waals surface area (Å²) in [6, 6.07) is 11.4. The number of nitrogens with one attached hydrogen (secondary N) is 2. The lowest BCUT2D eigenvalue weighted by Crippen LogP contribution is -2.25. The van der Waals surface area contributed by atoms with Crippen molar-refractivity contribution >= 4 is 17.3 Å². The number of hydrogen-bond acceptors (Lipinski definition) is 5. The molecule has 2 N–H and O–H groups in total. The van der Waals surface area contributed by atoms with E-state index < -0.39 is 0 Å². The molecule has 136 valence electrons. The third-order valence-electron chi connectivity index (χ3n) is 5.04. The number of carbonyl (C=O) groups excluding carboxylic acids is 1. The first-order chi connectivity index (χ1) is 13.2. The van der Waals surface area contributed by atoms with Crippen LogP contribution in [0.5, 0.6) is 11.5 Å². The van der Waals surface area contributed by atoms with Crippen molar-refractivity contribution in [2.75, 3.05) is 23.9 Å². The van der Waals surface area contributed by atoms with E-state index in [0.717, 1.165) is 46.1 Å². The minimum Gasteiger partial charge on any atom is -0.497 e. The van der Waals surface area contributed by atoms with Crippen molar-refractivity contribution in [2.24, 2.45) is 0 Å². The van der Waals surface area contributed by atoms with Gasteiger partial charge in [0.15, 0.2) is 6.23 Å². The van der Waals surface area contributed by atoms with E-state index in [9.17, 15) is 4.79 Å². The molecule has 0 fully saturated rings. The molecule has 2 aromatic rings. The second-order valence-corrected chi connectivity index (χ2v) is 6.69. The molecule has 3 heterocycles. The van der Waals surface area contributed by atoms with Gasteiger partial charge in [0.25, 0.3) is 5.91 Å². The molecule has 0 aliphatic carbocycles. The summed E-state index contributed by atoms with van der Waals surface area (Å²) >= 11 is 0. The molecule has 1 unspecified atom stereocenters. The quantitative estimate of drug-likeness (QED) is 0.880. The Kier molecular flexibility index (Phi) is 3.57. The van der Waals surface area contributed by atoms with Crippen molar-refractivity contribution in [3.63, 3.8) is 0 Å². The Hall–Kier alpha value is -3.41. The Morgan fingerprint density at radius 1 is 1.22 bits per heavy atom. The van der Waals surface area contributed by atoms with Crippen LogP contribution in [0.1, 0.15) is 15.9 Å². The van der Waals surface area contributed by atoms with E-state index in [4.69, 9.17) is 9.47 Å². The molecule has 5 rings (SSSR count). The fourth-order valence-electron chi connectivity index (χ4n) is 3.63. The van der Waals surface area contributed by atoms with Crippen LogP contribution in [0.25, 0.3) is 0 Å². The summed E-state index contributed by atoms with van der Waals surface area (Å²) in [5.74, 6) is 1.55. The summed E-state index contributed by atoms with van der Waals surface area (Å²) in [6.45, 7) is 1.36. The maximum atomic E-state index is 12.8. The fourth-order valence-corrected chi connectivity index (χ4v) is 3.63. The Labute approximate surface area is 157 Å². The van der Waals surface area contributed by atoms with Crippen LogP contribution >= 0.6 is 0 Å². The largest absolute Gasteiger partial charge is 0.497 e. The third kappa shape index (κ3) is 2.61. The zero-order valence-electron chi connectivity index (χ0n) is 14.9. The molecule has 0 radical (unpaired) electrons. The molecule has 6 heteroatoms. The fraction of sp³-hybridized carbons (Fsp3) is 0.190. The maximum Gasteiger partial charge on any atom is 0.258 e. The van der Waals surface area contributed by atoms with Crippen LogP contribution in [0, 0.1) is 0 Å². The van der Waals surface area contributed by atoms with E-state index in [1.54, 1.807) is 12.0 Å². The molecule has 0 saturated carbocycles. The zero-order valence-corrected chi connectivity index (χ0v) is 14.9.